The van der Waals surface area contributed by atoms with Gasteiger partial charge in [0.1, 0.15) is 6.10 Å². The molecule has 2 nitrogen and oxygen atoms in total. The third kappa shape index (κ3) is 9.87. The number of carbonyl (C=O) groups excluding carboxylic acids is 1. The summed E-state index contributed by atoms with van der Waals surface area (Å²) in [5.74, 6) is 5.34. The summed E-state index contributed by atoms with van der Waals surface area (Å²) in [6.07, 6.45) is 35.4. The molecule has 8 atom stereocenters. The van der Waals surface area contributed by atoms with E-state index >= 15 is 0 Å². The van der Waals surface area contributed by atoms with Crippen LogP contribution in [0.2, 0.25) is 0 Å². The lowest BCUT2D eigenvalue weighted by Crippen LogP contribution is -2.51. The van der Waals surface area contributed by atoms with Gasteiger partial charge in [-0.1, -0.05) is 150 Å². The topological polar surface area (TPSA) is 26.3 Å². The molecule has 3 saturated carbocycles. The largest absolute Gasteiger partial charge is 0.462 e. The standard InChI is InChI=1S/C43H76O2/c1-7-8-9-10-11-12-13-14-15-16-17-18-19-23-41(44)45-36-28-30-42(5)35(32-36)24-25-37-39-27-26-38(34(4)22-20-21-33(2)3)43(39,6)31-29-40(37)42/h24,33-34,36-40H,7-23,25-32H2,1-6H3/t34-,36+,37+,38-,39+,40+,42+,43-/m1/s1/i32+1. The molecule has 0 saturated heterocycles. The van der Waals surface area contributed by atoms with Gasteiger partial charge in [0.2, 0.25) is 0 Å². The molecule has 0 N–H and O–H groups in total. The highest BCUT2D eigenvalue weighted by molar-refractivity contribution is 5.69. The fourth-order valence-electron chi connectivity index (χ4n) is 11.3. The maximum Gasteiger partial charge on any atom is 0.306 e. The number of esters is 1. The van der Waals surface area contributed by atoms with Crippen LogP contribution in [-0.4, -0.2) is 12.1 Å². The van der Waals surface area contributed by atoms with Gasteiger partial charge in [-0.3, -0.25) is 4.79 Å². The predicted molar refractivity (Wildman–Crippen MR) is 193 cm³/mol. The van der Waals surface area contributed by atoms with E-state index in [2.05, 4.69) is 47.6 Å². The van der Waals surface area contributed by atoms with Crippen molar-refractivity contribution in [3.63, 3.8) is 0 Å². The molecular weight excluding hydrogens is 549 g/mol. The number of rotatable bonds is 20. The summed E-state index contributed by atoms with van der Waals surface area (Å²) in [5, 5.41) is 0. The van der Waals surface area contributed by atoms with Crippen LogP contribution in [-0.2, 0) is 9.53 Å². The molecule has 0 amide bonds. The van der Waals surface area contributed by atoms with Crippen LogP contribution in [0.5, 0.6) is 0 Å². The highest BCUT2D eigenvalue weighted by Gasteiger charge is 2.59. The Morgan fingerprint density at radius 3 is 2.07 bits per heavy atom. The molecule has 0 spiro atoms. The van der Waals surface area contributed by atoms with Crippen LogP contribution in [0.1, 0.15) is 202 Å². The number of hydrogen-bond donors (Lipinski definition) is 0. The van der Waals surface area contributed by atoms with Crippen molar-refractivity contribution in [3.05, 3.63) is 11.6 Å². The third-order valence-electron chi connectivity index (χ3n) is 14.0. The van der Waals surface area contributed by atoms with Crippen LogP contribution >= 0.6 is 0 Å². The molecule has 0 heterocycles. The van der Waals surface area contributed by atoms with Crippen LogP contribution in [0, 0.1) is 46.3 Å². The molecule has 0 aromatic carbocycles. The number of unbranched alkanes of at least 4 members (excludes halogenated alkanes) is 12. The molecule has 4 rings (SSSR count). The summed E-state index contributed by atoms with van der Waals surface area (Å²) in [7, 11) is 0. The quantitative estimate of drug-likeness (QED) is 0.0582. The van der Waals surface area contributed by atoms with Crippen molar-refractivity contribution in [1.82, 2.24) is 0 Å². The number of carbonyl (C=O) groups is 1. The van der Waals surface area contributed by atoms with Crippen molar-refractivity contribution in [2.24, 2.45) is 46.3 Å². The Balaban J connectivity index is 1.14. The van der Waals surface area contributed by atoms with Gasteiger partial charge in [0.25, 0.3) is 0 Å². The second kappa shape index (κ2) is 18.1. The van der Waals surface area contributed by atoms with Crippen molar-refractivity contribution in [1.29, 1.82) is 0 Å². The molecule has 0 aromatic rings. The Labute approximate surface area is 281 Å². The molecule has 0 unspecified atom stereocenters. The van der Waals surface area contributed by atoms with Gasteiger partial charge in [0, 0.05) is 12.8 Å². The lowest BCUT2D eigenvalue weighted by Gasteiger charge is -2.58. The molecule has 4 aliphatic carbocycles. The summed E-state index contributed by atoms with van der Waals surface area (Å²) in [5.41, 5.74) is 2.54. The van der Waals surface area contributed by atoms with E-state index in [1.807, 2.05) is 0 Å². The van der Waals surface area contributed by atoms with Gasteiger partial charge >= 0.3 is 5.97 Å². The second-order valence-corrected chi connectivity index (χ2v) is 17.6. The molecule has 3 fully saturated rings. The van der Waals surface area contributed by atoms with Gasteiger partial charge in [-0.05, 0) is 97.7 Å². The first-order chi connectivity index (χ1) is 21.7. The summed E-state index contributed by atoms with van der Waals surface area (Å²) < 4.78 is 6.12. The summed E-state index contributed by atoms with van der Waals surface area (Å²) >= 11 is 0. The minimum absolute atomic E-state index is 0.0638. The minimum atomic E-state index is 0.0638. The zero-order valence-corrected chi connectivity index (χ0v) is 31.1. The van der Waals surface area contributed by atoms with Crippen molar-refractivity contribution >= 4 is 5.97 Å². The van der Waals surface area contributed by atoms with Crippen LogP contribution in [0.4, 0.5) is 0 Å². The first-order valence-electron chi connectivity index (χ1n) is 20.6. The number of ether oxygens (including phenoxy) is 1. The smallest absolute Gasteiger partial charge is 0.306 e. The number of hydrogen-bond acceptors (Lipinski definition) is 2. The number of fused-ring (bicyclic) bond motifs is 5. The Morgan fingerprint density at radius 2 is 1.42 bits per heavy atom. The Kier molecular flexibility index (Phi) is 14.9. The van der Waals surface area contributed by atoms with Gasteiger partial charge in [0.05, 0.1) is 0 Å². The highest BCUT2D eigenvalue weighted by Crippen LogP contribution is 2.67. The van der Waals surface area contributed by atoms with E-state index in [9.17, 15) is 4.79 Å². The fourth-order valence-corrected chi connectivity index (χ4v) is 11.3. The van der Waals surface area contributed by atoms with Crippen LogP contribution in [0.15, 0.2) is 11.6 Å². The van der Waals surface area contributed by atoms with Gasteiger partial charge in [-0.25, -0.2) is 0 Å². The van der Waals surface area contributed by atoms with Gasteiger partial charge in [-0.2, -0.15) is 0 Å². The lowest BCUT2D eigenvalue weighted by atomic mass is 9.48. The predicted octanol–water partition coefficient (Wildman–Crippen LogP) is 13.4. The van der Waals surface area contributed by atoms with Crippen molar-refractivity contribution in [3.8, 4) is 0 Å². The summed E-state index contributed by atoms with van der Waals surface area (Å²) in [6.45, 7) is 14.9. The Hall–Kier alpha value is -0.790. The number of allylic oxidation sites excluding steroid dienone is 1. The molecular formula is C43H76O2. The van der Waals surface area contributed by atoms with Crippen LogP contribution in [0.3, 0.4) is 0 Å². The monoisotopic (exact) mass is 626 g/mol. The molecule has 2 heteroatoms. The first kappa shape index (κ1) is 37.0. The molecule has 260 valence electrons. The minimum Gasteiger partial charge on any atom is -0.462 e. The molecule has 0 aliphatic heterocycles. The van der Waals surface area contributed by atoms with Gasteiger partial charge < -0.3 is 4.74 Å². The normalized spacial score (nSPS) is 33.3. The van der Waals surface area contributed by atoms with Crippen molar-refractivity contribution in [2.75, 3.05) is 0 Å². The van der Waals surface area contributed by atoms with E-state index in [-0.39, 0.29) is 12.1 Å². The first-order valence-corrected chi connectivity index (χ1v) is 20.6. The molecule has 4 aliphatic rings. The van der Waals surface area contributed by atoms with E-state index < -0.39 is 0 Å². The lowest BCUT2D eigenvalue weighted by molar-refractivity contribution is -0.151. The van der Waals surface area contributed by atoms with E-state index in [0.717, 1.165) is 54.8 Å². The third-order valence-corrected chi connectivity index (χ3v) is 14.0. The highest BCUT2D eigenvalue weighted by atomic mass is 16.5. The van der Waals surface area contributed by atoms with Crippen LogP contribution < -0.4 is 0 Å². The zero-order valence-electron chi connectivity index (χ0n) is 31.1. The maximum absolute atomic E-state index is 12.8. The average molecular weight is 626 g/mol. The molecule has 0 aromatic heterocycles. The van der Waals surface area contributed by atoms with E-state index in [1.54, 1.807) is 5.57 Å². The molecule has 0 bridgehead atoms. The Morgan fingerprint density at radius 1 is 0.778 bits per heavy atom. The van der Waals surface area contributed by atoms with Gasteiger partial charge in [0.15, 0.2) is 0 Å². The summed E-state index contributed by atoms with van der Waals surface area (Å²) in [4.78, 5) is 12.8. The SMILES string of the molecule is CCCCCCCCCCCCCCCC(=O)O[C@H]1CC[C@@]2(C)C(=CC[C@H]3[C@@H]4CC[C@H]([C@H](C)CCCC(C)C)[C@@]4(C)CC[C@@H]32)[13CH2]1. The molecule has 45 heavy (non-hydrogen) atoms. The van der Waals surface area contributed by atoms with Crippen molar-refractivity contribution in [2.45, 2.75) is 208 Å². The fraction of sp³-hybridized carbons (Fsp3) is 0.930. The average Bonchev–Trinajstić information content (AvgIpc) is 3.37. The Bertz CT molecular complexity index is 904. The molecule has 0 radical (unpaired) electrons. The summed E-state index contributed by atoms with van der Waals surface area (Å²) in [6, 6.07) is 0. The van der Waals surface area contributed by atoms with Crippen LogP contribution in [0.25, 0.3) is 0 Å². The second-order valence-electron chi connectivity index (χ2n) is 17.6. The van der Waals surface area contributed by atoms with Gasteiger partial charge in [-0.15, -0.1) is 0 Å². The van der Waals surface area contributed by atoms with E-state index in [4.69, 9.17) is 4.74 Å². The van der Waals surface area contributed by atoms with E-state index in [0.29, 0.717) is 17.3 Å². The van der Waals surface area contributed by atoms with E-state index in [1.165, 1.54) is 135 Å². The zero-order chi connectivity index (χ0) is 32.3. The maximum atomic E-state index is 12.8. The van der Waals surface area contributed by atoms with Crippen molar-refractivity contribution < 1.29 is 9.53 Å².